The standard InChI is InChI=1S/C26H25N5O8S2.2Na/c1-13-7-15(3)23(40(33,34)35)12-20(13)29-28-19-11-22(39-4)21(8-14(19)2)30-31-25-24(41(36,37)38)10-16-9-17(27)5-6-18(16)26(25)32;;/h5-12,32H,27H2,1-4H3,(H,33,34,35)(H,36,37,38);;/q;2*+1/p-2. The van der Waals surface area contributed by atoms with Crippen LogP contribution in [0, 0.1) is 20.8 Å². The van der Waals surface area contributed by atoms with Crippen LogP contribution in [0.5, 0.6) is 11.5 Å². The van der Waals surface area contributed by atoms with Gasteiger partial charge in [-0.15, -0.1) is 10.2 Å². The third kappa shape index (κ3) is 8.19. The number of nitrogen functional groups attached to an aromatic ring is 1. The Morgan fingerprint density at radius 3 is 1.93 bits per heavy atom. The molecule has 4 aromatic rings. The second-order valence-electron chi connectivity index (χ2n) is 9.08. The van der Waals surface area contributed by atoms with Crippen LogP contribution in [0.1, 0.15) is 16.7 Å². The maximum atomic E-state index is 13.1. The van der Waals surface area contributed by atoms with Crippen LogP contribution in [0.25, 0.3) is 10.8 Å². The van der Waals surface area contributed by atoms with E-state index in [-0.39, 0.29) is 92.6 Å². The van der Waals surface area contributed by atoms with Gasteiger partial charge in [-0.25, -0.2) is 8.42 Å². The van der Waals surface area contributed by atoms with Crippen molar-refractivity contribution in [2.45, 2.75) is 30.6 Å². The SMILES string of the molecule is COc1cc(N=Nc2cc(S(=O)(=O)[O-])c(C)cc2C)c(C)cc1N=Nc1c(S(=O)(=O)O)cc2cc(N)ccc2c1[O-].[Na+].[Na+]. The molecule has 3 N–H and O–H groups in total. The summed E-state index contributed by atoms with van der Waals surface area (Å²) in [6.45, 7) is 4.85. The van der Waals surface area contributed by atoms with Crippen molar-refractivity contribution in [2.24, 2.45) is 20.5 Å². The zero-order chi connectivity index (χ0) is 30.3. The summed E-state index contributed by atoms with van der Waals surface area (Å²) in [6.07, 6.45) is 0. The van der Waals surface area contributed by atoms with Gasteiger partial charge in [-0.05, 0) is 78.6 Å². The van der Waals surface area contributed by atoms with Crippen molar-refractivity contribution in [2.75, 3.05) is 12.8 Å². The van der Waals surface area contributed by atoms with Crippen LogP contribution in [0.4, 0.5) is 28.4 Å². The molecule has 0 fully saturated rings. The second-order valence-corrected chi connectivity index (χ2v) is 11.8. The first kappa shape index (κ1) is 36.8. The molecule has 0 spiro atoms. The topological polar surface area (TPSA) is 219 Å². The van der Waals surface area contributed by atoms with Gasteiger partial charge in [0, 0.05) is 11.8 Å². The van der Waals surface area contributed by atoms with Gasteiger partial charge < -0.3 is 20.1 Å². The van der Waals surface area contributed by atoms with E-state index >= 15 is 0 Å². The summed E-state index contributed by atoms with van der Waals surface area (Å²) in [7, 11) is -8.24. The third-order valence-corrected chi connectivity index (χ3v) is 7.96. The van der Waals surface area contributed by atoms with Crippen molar-refractivity contribution in [3.8, 4) is 11.5 Å². The van der Waals surface area contributed by atoms with Crippen LogP contribution >= 0.6 is 0 Å². The third-order valence-electron chi connectivity index (χ3n) is 6.12. The molecule has 0 saturated heterocycles. The largest absolute Gasteiger partial charge is 1.00 e. The Morgan fingerprint density at radius 1 is 0.767 bits per heavy atom. The van der Waals surface area contributed by atoms with E-state index in [1.165, 1.54) is 50.4 Å². The van der Waals surface area contributed by atoms with Gasteiger partial charge >= 0.3 is 59.1 Å². The van der Waals surface area contributed by atoms with Crippen LogP contribution in [-0.4, -0.2) is 33.1 Å². The average Bonchev–Trinajstić information content (AvgIpc) is 2.86. The number of nitrogens with two attached hydrogens (primary N) is 1. The fourth-order valence-electron chi connectivity index (χ4n) is 4.07. The smallest absolute Gasteiger partial charge is 0.871 e. The Balaban J connectivity index is 0.00000323. The minimum absolute atomic E-state index is 0. The van der Waals surface area contributed by atoms with E-state index in [1.54, 1.807) is 13.8 Å². The Hall–Kier alpha value is -2.44. The molecule has 214 valence electrons. The number of benzene rings is 4. The van der Waals surface area contributed by atoms with Gasteiger partial charge in [0.1, 0.15) is 26.5 Å². The van der Waals surface area contributed by atoms with Crippen molar-refractivity contribution in [1.82, 2.24) is 0 Å². The van der Waals surface area contributed by atoms with E-state index in [9.17, 15) is 31.0 Å². The predicted octanol–water partition coefficient (Wildman–Crippen LogP) is -0.581. The molecule has 0 aromatic heterocycles. The number of ether oxygens (including phenoxy) is 1. The molecule has 0 amide bonds. The number of azo groups is 2. The summed E-state index contributed by atoms with van der Waals surface area (Å²) in [5.41, 5.74) is 7.39. The van der Waals surface area contributed by atoms with Gasteiger partial charge in [-0.3, -0.25) is 4.55 Å². The fraction of sp³-hybridized carbons (Fsp3) is 0.154. The zero-order valence-corrected chi connectivity index (χ0v) is 29.7. The number of fused-ring (bicyclic) bond motifs is 1. The summed E-state index contributed by atoms with van der Waals surface area (Å²) < 4.78 is 73.9. The fourth-order valence-corrected chi connectivity index (χ4v) is 5.43. The van der Waals surface area contributed by atoms with Crippen molar-refractivity contribution in [1.29, 1.82) is 0 Å². The maximum absolute atomic E-state index is 13.1. The minimum Gasteiger partial charge on any atom is -0.871 e. The molecule has 4 rings (SSSR count). The number of rotatable bonds is 7. The molecule has 0 saturated carbocycles. The van der Waals surface area contributed by atoms with Gasteiger partial charge in [-0.2, -0.15) is 18.6 Å². The number of aryl methyl sites for hydroxylation is 3. The number of hydrogen-bond donors (Lipinski definition) is 2. The van der Waals surface area contributed by atoms with Gasteiger partial charge in [0.05, 0.1) is 29.1 Å². The van der Waals surface area contributed by atoms with Crippen LogP contribution in [0.3, 0.4) is 0 Å². The summed E-state index contributed by atoms with van der Waals surface area (Å²) in [5.74, 6) is -0.654. The van der Waals surface area contributed by atoms with Gasteiger partial charge in [0.25, 0.3) is 10.1 Å². The molecule has 43 heavy (non-hydrogen) atoms. The molecule has 0 aliphatic rings. The first-order valence-electron chi connectivity index (χ1n) is 11.7. The van der Waals surface area contributed by atoms with Crippen LogP contribution in [0.2, 0.25) is 0 Å². The maximum Gasteiger partial charge on any atom is 1.00 e. The number of hydrogen-bond acceptors (Lipinski definition) is 12. The Bertz CT molecular complexity index is 2000. The molecule has 0 atom stereocenters. The Kier molecular flexibility index (Phi) is 12.1. The van der Waals surface area contributed by atoms with Crippen molar-refractivity contribution in [3.05, 3.63) is 65.2 Å². The monoisotopic (exact) mass is 643 g/mol. The quantitative estimate of drug-likeness (QED) is 0.114. The normalized spacial score (nSPS) is 12.0. The molecule has 0 unspecified atom stereocenters. The molecular weight excluding hydrogens is 620 g/mol. The van der Waals surface area contributed by atoms with Gasteiger partial charge in [0.15, 0.2) is 0 Å². The number of methoxy groups -OCH3 is 1. The molecule has 0 heterocycles. The Morgan fingerprint density at radius 2 is 1.35 bits per heavy atom. The van der Waals surface area contributed by atoms with Gasteiger partial charge in [0.2, 0.25) is 0 Å². The molecular formula is C26H23N5Na2O8S2. The van der Waals surface area contributed by atoms with Crippen molar-refractivity contribution in [3.63, 3.8) is 0 Å². The summed E-state index contributed by atoms with van der Waals surface area (Å²) in [5, 5.41) is 29.5. The van der Waals surface area contributed by atoms with Crippen molar-refractivity contribution >= 4 is 59.4 Å². The molecule has 0 bridgehead atoms. The van der Waals surface area contributed by atoms with Crippen molar-refractivity contribution < 1.29 is 94.9 Å². The minimum atomic E-state index is -4.86. The van der Waals surface area contributed by atoms with E-state index in [0.29, 0.717) is 22.5 Å². The predicted molar refractivity (Wildman–Crippen MR) is 148 cm³/mol. The van der Waals surface area contributed by atoms with E-state index in [2.05, 4.69) is 20.5 Å². The zero-order valence-electron chi connectivity index (χ0n) is 24.1. The van der Waals surface area contributed by atoms with Crippen LogP contribution < -0.4 is 74.7 Å². The summed E-state index contributed by atoms with van der Waals surface area (Å²) in [6, 6.07) is 11.0. The van der Waals surface area contributed by atoms with Crippen LogP contribution in [0.15, 0.2) is 78.8 Å². The summed E-state index contributed by atoms with van der Waals surface area (Å²) in [4.78, 5) is -1.14. The average molecular weight is 644 g/mol. The van der Waals surface area contributed by atoms with E-state index < -0.39 is 41.5 Å². The van der Waals surface area contributed by atoms with E-state index in [0.717, 1.165) is 12.1 Å². The molecule has 4 aromatic carbocycles. The molecule has 17 heteroatoms. The number of anilines is 1. The molecule has 13 nitrogen and oxygen atoms in total. The molecule has 0 aliphatic heterocycles. The second kappa shape index (κ2) is 14.1. The molecule has 0 aliphatic carbocycles. The van der Waals surface area contributed by atoms with Crippen LogP contribution in [-0.2, 0) is 20.2 Å². The first-order valence-corrected chi connectivity index (χ1v) is 14.5. The van der Waals surface area contributed by atoms with E-state index in [4.69, 9.17) is 10.5 Å². The number of nitrogens with zero attached hydrogens (tertiary/aromatic N) is 4. The summed E-state index contributed by atoms with van der Waals surface area (Å²) >= 11 is 0. The van der Waals surface area contributed by atoms with E-state index in [1.807, 2.05) is 0 Å². The first-order chi connectivity index (χ1) is 19.1. The molecule has 0 radical (unpaired) electrons. The van der Waals surface area contributed by atoms with Gasteiger partial charge in [-0.1, -0.05) is 17.9 Å². The Labute approximate surface area is 292 Å².